The highest BCUT2D eigenvalue weighted by Crippen LogP contribution is 2.36. The number of nitrogens with zero attached hydrogens (tertiary/aromatic N) is 1. The van der Waals surface area contributed by atoms with Crippen LogP contribution in [0.15, 0.2) is 132 Å². The third-order valence-corrected chi connectivity index (χ3v) is 12.1. The highest BCUT2D eigenvalue weighted by atomic mass is 19.1. The number of nitrogens with one attached hydrogen (secondary N) is 3. The third kappa shape index (κ3) is 10.0. The van der Waals surface area contributed by atoms with E-state index in [1.165, 1.54) is 24.3 Å². The van der Waals surface area contributed by atoms with Crippen LogP contribution in [0, 0.1) is 11.7 Å². The Balaban J connectivity index is 0.876. The van der Waals surface area contributed by atoms with Crippen LogP contribution in [0.5, 0.6) is 11.5 Å². The van der Waals surface area contributed by atoms with Crippen LogP contribution in [0.4, 0.5) is 9.18 Å². The van der Waals surface area contributed by atoms with Crippen LogP contribution in [0.3, 0.4) is 0 Å². The summed E-state index contributed by atoms with van der Waals surface area (Å²) in [7, 11) is 0. The summed E-state index contributed by atoms with van der Waals surface area (Å²) in [6.45, 7) is 3.87. The number of carbonyl (C=O) groups excluding carboxylic acids is 2. The zero-order chi connectivity index (χ0) is 42.3. The number of aromatic nitrogens is 1. The highest BCUT2D eigenvalue weighted by Gasteiger charge is 2.48. The van der Waals surface area contributed by atoms with Gasteiger partial charge in [0.2, 0.25) is 11.3 Å². The first kappa shape index (κ1) is 41.4. The fourth-order valence-electron chi connectivity index (χ4n) is 8.89. The largest absolute Gasteiger partial charge is 0.506 e. The highest BCUT2D eigenvalue weighted by molar-refractivity contribution is 5.97. The molecule has 12 heteroatoms. The van der Waals surface area contributed by atoms with E-state index in [4.69, 9.17) is 9.47 Å². The molecule has 5 aromatic carbocycles. The molecule has 314 valence electrons. The number of ether oxygens (including phenoxy) is 2. The lowest BCUT2D eigenvalue weighted by Crippen LogP contribution is -2.66. The minimum absolute atomic E-state index is 0.0546. The number of phenols is 1. The van der Waals surface area contributed by atoms with Gasteiger partial charge in [0.15, 0.2) is 6.10 Å². The minimum Gasteiger partial charge on any atom is -0.506 e. The molecular formula is C49H50FN4O7+. The first-order valence-electron chi connectivity index (χ1n) is 20.8. The average Bonchev–Trinajstić information content (AvgIpc) is 3.27. The average molecular weight is 826 g/mol. The first-order valence-corrected chi connectivity index (χ1v) is 20.8. The lowest BCUT2D eigenvalue weighted by molar-refractivity contribution is -0.938. The molecule has 9 rings (SSSR count). The van der Waals surface area contributed by atoms with Gasteiger partial charge < -0.3 is 39.8 Å². The number of aromatic amines is 1. The Morgan fingerprint density at radius 1 is 0.852 bits per heavy atom. The zero-order valence-corrected chi connectivity index (χ0v) is 33.8. The molecule has 0 saturated carbocycles. The van der Waals surface area contributed by atoms with E-state index in [1.807, 2.05) is 72.8 Å². The molecule has 3 atom stereocenters. The number of H-pyrrole nitrogens is 1. The van der Waals surface area contributed by atoms with Gasteiger partial charge in [-0.05, 0) is 77.2 Å². The van der Waals surface area contributed by atoms with Gasteiger partial charge in [-0.3, -0.25) is 9.59 Å². The molecule has 3 aliphatic heterocycles. The van der Waals surface area contributed by atoms with Gasteiger partial charge in [0.05, 0.1) is 30.8 Å². The second-order valence-corrected chi connectivity index (χ2v) is 16.3. The molecule has 3 saturated heterocycles. The Hall–Kier alpha value is -6.34. The number of quaternary nitrogens is 1. The molecule has 1 unspecified atom stereocenters. The van der Waals surface area contributed by atoms with Gasteiger partial charge in [-0.15, -0.1) is 0 Å². The van der Waals surface area contributed by atoms with Crippen LogP contribution in [-0.4, -0.2) is 76.9 Å². The van der Waals surface area contributed by atoms with Crippen molar-refractivity contribution in [3.8, 4) is 11.5 Å². The lowest BCUT2D eigenvalue weighted by Gasteiger charge is -2.51. The van der Waals surface area contributed by atoms with Gasteiger partial charge in [-0.25, -0.2) is 9.18 Å². The Kier molecular flexibility index (Phi) is 12.6. The van der Waals surface area contributed by atoms with Crippen molar-refractivity contribution in [3.63, 3.8) is 0 Å². The maximum absolute atomic E-state index is 14.6. The topological polar surface area (TPSA) is 150 Å². The van der Waals surface area contributed by atoms with Crippen molar-refractivity contribution in [2.75, 3.05) is 39.3 Å². The number of ketones is 1. The fourth-order valence-corrected chi connectivity index (χ4v) is 8.89. The van der Waals surface area contributed by atoms with Gasteiger partial charge in [-0.1, -0.05) is 84.9 Å². The van der Waals surface area contributed by atoms with Gasteiger partial charge in [-0.2, -0.15) is 0 Å². The normalized spacial score (nSPS) is 19.2. The Morgan fingerprint density at radius 2 is 1.61 bits per heavy atom. The standard InChI is InChI=1S/C49H49FN4O7/c50-38-13-5-11-36(26-38)47(53-49(59)61-45-30-54(23-20-35(45)21-24-54)29-44(57)34-9-2-1-3-10-34)37-12-6-14-39(27-37)60-31-33-8-4-7-32(25-33)19-22-51-28-43(56)40-15-17-42(55)48-41(40)16-18-46(58)52-48/h1-18,25-27,35,43,45,47,51,56H,19-24,28-31H2,(H2-,52,53,55,58,59)/p+1/t35?,43-,45+,47?,54?/m1/s1. The SMILES string of the molecule is O=C(NC(c1cccc(F)c1)c1cccc(OCc2cccc(CCNC[C@@H](O)c3ccc(O)c4[nH]c(=O)ccc34)c2)c1)O[C@H]1C[N+]2(CC(=O)c3ccccc3)CCC1CC2. The van der Waals surface area contributed by atoms with Gasteiger partial charge >= 0.3 is 6.09 Å². The molecule has 3 fully saturated rings. The van der Waals surface area contributed by atoms with Crippen LogP contribution in [0.25, 0.3) is 10.9 Å². The van der Waals surface area contributed by atoms with E-state index in [1.54, 1.807) is 24.3 Å². The summed E-state index contributed by atoms with van der Waals surface area (Å²) in [6.07, 6.45) is 0.660. The number of pyridine rings is 1. The molecule has 11 nitrogen and oxygen atoms in total. The van der Waals surface area contributed by atoms with Crippen molar-refractivity contribution in [1.29, 1.82) is 0 Å². The number of halogens is 1. The second kappa shape index (κ2) is 18.5. The number of hydrogen-bond acceptors (Lipinski definition) is 8. The summed E-state index contributed by atoms with van der Waals surface area (Å²) < 4.78 is 27.6. The van der Waals surface area contributed by atoms with E-state index in [-0.39, 0.29) is 42.3 Å². The minimum atomic E-state index is -0.854. The summed E-state index contributed by atoms with van der Waals surface area (Å²) in [5.74, 6) is 0.411. The molecule has 1 amide bonds. The number of fused-ring (bicyclic) bond motifs is 4. The van der Waals surface area contributed by atoms with E-state index in [2.05, 4.69) is 21.7 Å². The van der Waals surface area contributed by atoms with E-state index < -0.39 is 24.1 Å². The maximum Gasteiger partial charge on any atom is 0.408 e. The Morgan fingerprint density at radius 3 is 2.41 bits per heavy atom. The summed E-state index contributed by atoms with van der Waals surface area (Å²) in [4.78, 5) is 41.3. The predicted octanol–water partition coefficient (Wildman–Crippen LogP) is 7.13. The molecule has 61 heavy (non-hydrogen) atoms. The molecule has 4 heterocycles. The molecule has 0 radical (unpaired) electrons. The first-order chi connectivity index (χ1) is 29.6. The van der Waals surface area contributed by atoms with E-state index in [9.17, 15) is 29.0 Å². The molecule has 1 aromatic heterocycles. The molecule has 0 spiro atoms. The number of alkyl carbamates (subject to hydrolysis) is 1. The Bertz CT molecular complexity index is 2560. The van der Waals surface area contributed by atoms with Crippen LogP contribution in [-0.2, 0) is 17.8 Å². The van der Waals surface area contributed by atoms with Gasteiger partial charge in [0.25, 0.3) is 0 Å². The molecular weight excluding hydrogens is 776 g/mol. The second-order valence-electron chi connectivity index (χ2n) is 16.3. The molecule has 2 bridgehead atoms. The summed E-state index contributed by atoms with van der Waals surface area (Å²) in [5, 5.41) is 28.0. The van der Waals surface area contributed by atoms with Gasteiger partial charge in [0.1, 0.15) is 37.0 Å². The van der Waals surface area contributed by atoms with Gasteiger partial charge in [0, 0.05) is 42.3 Å². The number of amides is 1. The van der Waals surface area contributed by atoms with Crippen LogP contribution < -0.4 is 20.9 Å². The van der Waals surface area contributed by atoms with Crippen molar-refractivity contribution in [3.05, 3.63) is 177 Å². The molecule has 3 aliphatic rings. The smallest absolute Gasteiger partial charge is 0.408 e. The van der Waals surface area contributed by atoms with Crippen LogP contribution in [0.1, 0.15) is 63.2 Å². The number of benzene rings is 5. The number of carbonyl (C=O) groups is 2. The lowest BCUT2D eigenvalue weighted by atomic mass is 9.83. The van der Waals surface area contributed by atoms with Crippen molar-refractivity contribution >= 4 is 22.8 Å². The molecule has 6 aromatic rings. The van der Waals surface area contributed by atoms with Crippen LogP contribution in [0.2, 0.25) is 0 Å². The molecule has 5 N–H and O–H groups in total. The number of aliphatic hydroxyl groups excluding tert-OH is 1. The zero-order valence-electron chi connectivity index (χ0n) is 33.8. The quantitative estimate of drug-likeness (QED) is 0.0394. The number of phenolic OH excluding ortho intramolecular Hbond substituents is 1. The van der Waals surface area contributed by atoms with E-state index >= 15 is 0 Å². The summed E-state index contributed by atoms with van der Waals surface area (Å²) in [5.41, 5.74) is 4.55. The third-order valence-electron chi connectivity index (χ3n) is 12.1. The number of aromatic hydroxyl groups is 1. The maximum atomic E-state index is 14.6. The van der Waals surface area contributed by atoms with E-state index in [0.717, 1.165) is 37.1 Å². The summed E-state index contributed by atoms with van der Waals surface area (Å²) >= 11 is 0. The van der Waals surface area contributed by atoms with Crippen molar-refractivity contribution in [2.45, 2.75) is 44.1 Å². The number of piperidine rings is 3. The van der Waals surface area contributed by atoms with Crippen molar-refractivity contribution < 1.29 is 38.1 Å². The number of hydrogen-bond donors (Lipinski definition) is 5. The number of Topliss-reactive ketones (excluding diaryl/α,β-unsaturated/α-hetero) is 1. The number of rotatable bonds is 16. The van der Waals surface area contributed by atoms with Crippen molar-refractivity contribution in [2.24, 2.45) is 5.92 Å². The predicted molar refractivity (Wildman–Crippen MR) is 230 cm³/mol. The monoisotopic (exact) mass is 825 g/mol. The van der Waals surface area contributed by atoms with E-state index in [0.29, 0.717) is 69.4 Å². The Labute approximate surface area is 353 Å². The van der Waals surface area contributed by atoms with Crippen molar-refractivity contribution in [1.82, 2.24) is 15.6 Å². The fraction of sp³-hybridized carbons (Fsp3) is 0.286. The summed E-state index contributed by atoms with van der Waals surface area (Å²) in [6, 6.07) is 36.3. The molecule has 0 aliphatic carbocycles. The number of aliphatic hydroxyl groups is 1. The van der Waals surface area contributed by atoms with Crippen LogP contribution >= 0.6 is 0 Å².